The van der Waals surface area contributed by atoms with Gasteiger partial charge in [-0.05, 0) is 44.8 Å². The van der Waals surface area contributed by atoms with Crippen LogP contribution >= 0.6 is 0 Å². The number of hydrogen-bond donors (Lipinski definition) is 0. The number of likely N-dealkylation sites (N-methyl/N-ethyl adjacent to an activating group) is 1. The third-order valence-electron chi connectivity index (χ3n) is 3.85. The normalized spacial score (nSPS) is 10.9. The molecule has 0 saturated heterocycles. The van der Waals surface area contributed by atoms with Crippen LogP contribution in [0.25, 0.3) is 6.08 Å². The van der Waals surface area contributed by atoms with E-state index in [1.54, 1.807) is 44.3 Å². The number of esters is 1. The highest BCUT2D eigenvalue weighted by Crippen LogP contribution is 2.27. The van der Waals surface area contributed by atoms with E-state index in [-0.39, 0.29) is 18.3 Å². The average Bonchev–Trinajstić information content (AvgIpc) is 2.65. The van der Waals surface area contributed by atoms with E-state index in [1.807, 2.05) is 25.1 Å². The minimum Gasteiger partial charge on any atom is -0.493 e. The zero-order valence-electron chi connectivity index (χ0n) is 16.9. The first-order chi connectivity index (χ1) is 12.9. The molecule has 0 spiro atoms. The van der Waals surface area contributed by atoms with Gasteiger partial charge in [0.1, 0.15) is 0 Å². The van der Waals surface area contributed by atoms with Gasteiger partial charge >= 0.3 is 5.97 Å². The first-order valence-corrected chi connectivity index (χ1v) is 8.90. The number of nitrogens with zero attached hydrogens (tertiary/aromatic N) is 2. The lowest BCUT2D eigenvalue weighted by Gasteiger charge is -2.22. The van der Waals surface area contributed by atoms with Crippen LogP contribution in [0.5, 0.6) is 11.5 Å². The Morgan fingerprint density at radius 1 is 1.04 bits per heavy atom. The lowest BCUT2D eigenvalue weighted by molar-refractivity contribution is -0.143. The quantitative estimate of drug-likeness (QED) is 0.434. The third-order valence-corrected chi connectivity index (χ3v) is 3.85. The number of methoxy groups -OCH3 is 2. The van der Waals surface area contributed by atoms with Crippen molar-refractivity contribution in [2.45, 2.75) is 13.3 Å². The maximum Gasteiger partial charge on any atom is 0.307 e. The molecule has 7 nitrogen and oxygen atoms in total. The molecule has 1 rings (SSSR count). The van der Waals surface area contributed by atoms with Gasteiger partial charge in [0.05, 0.1) is 27.2 Å². The molecule has 27 heavy (non-hydrogen) atoms. The Bertz CT molecular complexity index is 643. The third kappa shape index (κ3) is 8.13. The van der Waals surface area contributed by atoms with Gasteiger partial charge in [0.25, 0.3) is 0 Å². The number of carbonyl (C=O) groups is 2. The van der Waals surface area contributed by atoms with Gasteiger partial charge < -0.3 is 24.0 Å². The Labute approximate surface area is 161 Å². The summed E-state index contributed by atoms with van der Waals surface area (Å²) in [7, 11) is 7.01. The van der Waals surface area contributed by atoms with E-state index in [0.29, 0.717) is 37.7 Å². The molecule has 0 atom stereocenters. The van der Waals surface area contributed by atoms with Gasteiger partial charge in [-0.1, -0.05) is 6.07 Å². The van der Waals surface area contributed by atoms with Crippen molar-refractivity contribution in [1.82, 2.24) is 9.80 Å². The highest BCUT2D eigenvalue weighted by molar-refractivity contribution is 5.92. The Morgan fingerprint density at radius 3 is 2.33 bits per heavy atom. The average molecular weight is 378 g/mol. The molecule has 0 N–H and O–H groups in total. The van der Waals surface area contributed by atoms with Gasteiger partial charge in [-0.3, -0.25) is 9.59 Å². The highest BCUT2D eigenvalue weighted by atomic mass is 16.5. The first-order valence-electron chi connectivity index (χ1n) is 8.90. The summed E-state index contributed by atoms with van der Waals surface area (Å²) in [6.07, 6.45) is 3.40. The summed E-state index contributed by atoms with van der Waals surface area (Å²) in [5.41, 5.74) is 0.818. The van der Waals surface area contributed by atoms with Crippen LogP contribution < -0.4 is 9.47 Å². The van der Waals surface area contributed by atoms with Crippen LogP contribution in [0.2, 0.25) is 0 Å². The van der Waals surface area contributed by atoms with E-state index >= 15 is 0 Å². The second-order valence-corrected chi connectivity index (χ2v) is 6.13. The van der Waals surface area contributed by atoms with Crippen molar-refractivity contribution in [3.63, 3.8) is 0 Å². The fourth-order valence-corrected chi connectivity index (χ4v) is 2.34. The minimum atomic E-state index is -0.302. The van der Waals surface area contributed by atoms with Crippen LogP contribution in [-0.4, -0.2) is 76.2 Å². The highest BCUT2D eigenvalue weighted by Gasteiger charge is 2.14. The molecule has 1 aromatic rings. The summed E-state index contributed by atoms with van der Waals surface area (Å²) in [4.78, 5) is 27.8. The molecular formula is C20H30N2O5. The fourth-order valence-electron chi connectivity index (χ4n) is 2.34. The fraction of sp³-hybridized carbons (Fsp3) is 0.500. The minimum absolute atomic E-state index is 0.157. The van der Waals surface area contributed by atoms with Crippen molar-refractivity contribution < 1.29 is 23.8 Å². The van der Waals surface area contributed by atoms with Crippen LogP contribution in [0.4, 0.5) is 0 Å². The molecule has 1 amide bonds. The maximum absolute atomic E-state index is 12.6. The van der Waals surface area contributed by atoms with E-state index < -0.39 is 0 Å². The predicted octanol–water partition coefficient (Wildman–Crippen LogP) is 2.06. The van der Waals surface area contributed by atoms with Crippen LogP contribution in [0.15, 0.2) is 24.3 Å². The van der Waals surface area contributed by atoms with Crippen molar-refractivity contribution in [1.29, 1.82) is 0 Å². The van der Waals surface area contributed by atoms with E-state index in [2.05, 4.69) is 0 Å². The van der Waals surface area contributed by atoms with Crippen molar-refractivity contribution in [3.8, 4) is 11.5 Å². The van der Waals surface area contributed by atoms with E-state index in [0.717, 1.165) is 5.56 Å². The van der Waals surface area contributed by atoms with Crippen molar-refractivity contribution in [2.75, 3.05) is 54.6 Å². The second kappa shape index (κ2) is 12.0. The Morgan fingerprint density at radius 2 is 1.74 bits per heavy atom. The molecular weight excluding hydrogens is 348 g/mol. The van der Waals surface area contributed by atoms with Crippen molar-refractivity contribution in [2.24, 2.45) is 0 Å². The van der Waals surface area contributed by atoms with Crippen molar-refractivity contribution >= 4 is 18.0 Å². The van der Waals surface area contributed by atoms with E-state index in [4.69, 9.17) is 14.2 Å². The second-order valence-electron chi connectivity index (χ2n) is 6.13. The standard InChI is InChI=1S/C20H30N2O5/c1-6-27-20(24)11-12-22(14-13-21(2)3)19(23)10-8-16-7-9-17(25-4)18(15-16)26-5/h7-10,15H,6,11-14H2,1-5H3/b10-8+. The van der Waals surface area contributed by atoms with Gasteiger partial charge in [0.2, 0.25) is 5.91 Å². The molecule has 0 saturated carbocycles. The molecule has 150 valence electrons. The Hall–Kier alpha value is -2.54. The smallest absolute Gasteiger partial charge is 0.307 e. The monoisotopic (exact) mass is 378 g/mol. The molecule has 0 unspecified atom stereocenters. The van der Waals surface area contributed by atoms with E-state index in [1.165, 1.54) is 6.08 Å². The number of amides is 1. The summed E-state index contributed by atoms with van der Waals surface area (Å²) in [6.45, 7) is 3.66. The van der Waals surface area contributed by atoms with E-state index in [9.17, 15) is 9.59 Å². The summed E-state index contributed by atoms with van der Waals surface area (Å²) in [5, 5.41) is 0. The summed E-state index contributed by atoms with van der Waals surface area (Å²) >= 11 is 0. The van der Waals surface area contributed by atoms with Gasteiger partial charge in [0.15, 0.2) is 11.5 Å². The molecule has 7 heteroatoms. The van der Waals surface area contributed by atoms with Crippen LogP contribution in [0.1, 0.15) is 18.9 Å². The molecule has 0 aliphatic carbocycles. The number of benzene rings is 1. The number of hydrogen-bond acceptors (Lipinski definition) is 6. The molecule has 0 aliphatic rings. The SMILES string of the molecule is CCOC(=O)CCN(CCN(C)C)C(=O)/C=C/c1ccc(OC)c(OC)c1. The number of carbonyl (C=O) groups excluding carboxylic acids is 2. The molecule has 0 bridgehead atoms. The summed E-state index contributed by atoms with van der Waals surface area (Å²) in [6, 6.07) is 5.42. The molecule has 0 radical (unpaired) electrons. The van der Waals surface area contributed by atoms with Gasteiger partial charge in [-0.25, -0.2) is 0 Å². The molecule has 0 aromatic heterocycles. The topological polar surface area (TPSA) is 68.3 Å². The lowest BCUT2D eigenvalue weighted by atomic mass is 10.2. The van der Waals surface area contributed by atoms with Crippen LogP contribution in [0, 0.1) is 0 Å². The molecule has 0 heterocycles. The largest absolute Gasteiger partial charge is 0.493 e. The van der Waals surface area contributed by atoms with Crippen LogP contribution in [-0.2, 0) is 14.3 Å². The Balaban J connectivity index is 2.81. The molecule has 1 aromatic carbocycles. The summed E-state index contributed by atoms with van der Waals surface area (Å²) < 4.78 is 15.4. The molecule has 0 aliphatic heterocycles. The number of ether oxygens (including phenoxy) is 3. The zero-order valence-corrected chi connectivity index (χ0v) is 16.9. The number of rotatable bonds is 11. The van der Waals surface area contributed by atoms with Gasteiger partial charge in [-0.15, -0.1) is 0 Å². The lowest BCUT2D eigenvalue weighted by Crippen LogP contribution is -2.37. The van der Waals surface area contributed by atoms with Crippen LogP contribution in [0.3, 0.4) is 0 Å². The maximum atomic E-state index is 12.6. The zero-order chi connectivity index (χ0) is 20.2. The Kier molecular flexibility index (Phi) is 9.96. The van der Waals surface area contributed by atoms with Crippen molar-refractivity contribution in [3.05, 3.63) is 29.8 Å². The first kappa shape index (κ1) is 22.5. The van der Waals surface area contributed by atoms with Gasteiger partial charge in [-0.2, -0.15) is 0 Å². The van der Waals surface area contributed by atoms with Gasteiger partial charge in [0, 0.05) is 25.7 Å². The molecule has 0 fully saturated rings. The predicted molar refractivity (Wildman–Crippen MR) is 105 cm³/mol. The summed E-state index contributed by atoms with van der Waals surface area (Å²) in [5.74, 6) is 0.766.